The second-order valence-corrected chi connectivity index (χ2v) is 7.03. The summed E-state index contributed by atoms with van der Waals surface area (Å²) in [6.07, 6.45) is 4.20. The molecule has 118 valence electrons. The largest absolute Gasteiger partial charge is 0.322 e. The SMILES string of the molecule is CN(CCC[N+](C)(C)CC=O)CCC[N+](C)(C)CC=O. The van der Waals surface area contributed by atoms with E-state index in [1.807, 2.05) is 0 Å². The minimum absolute atomic E-state index is 0.584. The fourth-order valence-electron chi connectivity index (χ4n) is 2.24. The van der Waals surface area contributed by atoms with Gasteiger partial charge in [-0.15, -0.1) is 0 Å². The first kappa shape index (κ1) is 19.2. The molecule has 0 bridgehead atoms. The molecule has 0 amide bonds. The Bertz CT molecular complexity index is 263. The van der Waals surface area contributed by atoms with Crippen molar-refractivity contribution in [3.63, 3.8) is 0 Å². The van der Waals surface area contributed by atoms with E-state index in [9.17, 15) is 9.59 Å². The molecule has 0 atom stereocenters. The van der Waals surface area contributed by atoms with Crippen LogP contribution in [0.3, 0.4) is 0 Å². The van der Waals surface area contributed by atoms with Gasteiger partial charge in [-0.3, -0.25) is 9.59 Å². The van der Waals surface area contributed by atoms with E-state index in [0.717, 1.165) is 60.6 Å². The normalized spacial score (nSPS) is 12.7. The van der Waals surface area contributed by atoms with Gasteiger partial charge in [-0.2, -0.15) is 0 Å². The van der Waals surface area contributed by atoms with E-state index in [1.54, 1.807) is 0 Å². The number of rotatable bonds is 12. The van der Waals surface area contributed by atoms with Gasteiger partial charge in [0.1, 0.15) is 13.1 Å². The van der Waals surface area contributed by atoms with E-state index in [2.05, 4.69) is 40.1 Å². The van der Waals surface area contributed by atoms with Crippen LogP contribution < -0.4 is 0 Å². The number of aldehydes is 2. The number of carbonyl (C=O) groups is 2. The monoisotopic (exact) mass is 287 g/mol. The zero-order chi connectivity index (χ0) is 15.6. The van der Waals surface area contributed by atoms with E-state index in [-0.39, 0.29) is 0 Å². The standard InChI is InChI=1S/C15H33N3O2/c1-16(8-6-10-17(2,3)12-14-19)9-7-11-18(4,5)13-15-20/h14-15H,6-13H2,1-5H3/q+2. The maximum atomic E-state index is 10.6. The number of hydrogen-bond donors (Lipinski definition) is 0. The van der Waals surface area contributed by atoms with E-state index >= 15 is 0 Å². The first-order chi connectivity index (χ1) is 9.22. The quantitative estimate of drug-likeness (QED) is 0.381. The summed E-state index contributed by atoms with van der Waals surface area (Å²) in [4.78, 5) is 23.4. The van der Waals surface area contributed by atoms with Gasteiger partial charge < -0.3 is 13.9 Å². The smallest absolute Gasteiger partial charge is 0.174 e. The predicted octanol–water partition coefficient (Wildman–Crippen LogP) is 0.249. The molecule has 5 heteroatoms. The highest BCUT2D eigenvalue weighted by molar-refractivity contribution is 5.50. The molecule has 0 aliphatic rings. The van der Waals surface area contributed by atoms with Crippen LogP contribution in [0, 0.1) is 0 Å². The minimum atomic E-state index is 0.584. The van der Waals surface area contributed by atoms with Gasteiger partial charge in [0.15, 0.2) is 12.6 Å². The van der Waals surface area contributed by atoms with Crippen LogP contribution in [0.2, 0.25) is 0 Å². The molecule has 0 aromatic carbocycles. The van der Waals surface area contributed by atoms with Crippen LogP contribution in [0.25, 0.3) is 0 Å². The van der Waals surface area contributed by atoms with Gasteiger partial charge in [0.2, 0.25) is 0 Å². The van der Waals surface area contributed by atoms with Gasteiger partial charge in [0, 0.05) is 25.9 Å². The number of nitrogens with zero attached hydrogens (tertiary/aromatic N) is 3. The van der Waals surface area contributed by atoms with Crippen LogP contribution in [-0.2, 0) is 9.59 Å². The summed E-state index contributed by atoms with van der Waals surface area (Å²) in [5.74, 6) is 0. The van der Waals surface area contributed by atoms with Gasteiger partial charge in [0.05, 0.1) is 41.3 Å². The molecule has 0 aromatic rings. The lowest BCUT2D eigenvalue weighted by Crippen LogP contribution is -2.44. The van der Waals surface area contributed by atoms with E-state index in [4.69, 9.17) is 0 Å². The number of quaternary nitrogens is 2. The molecular weight excluding hydrogens is 254 g/mol. The van der Waals surface area contributed by atoms with Crippen molar-refractivity contribution in [2.45, 2.75) is 12.8 Å². The average Bonchev–Trinajstić information content (AvgIpc) is 2.27. The van der Waals surface area contributed by atoms with Crippen LogP contribution in [-0.4, -0.2) is 101 Å². The van der Waals surface area contributed by atoms with Crippen molar-refractivity contribution in [3.05, 3.63) is 0 Å². The molecule has 0 N–H and O–H groups in total. The van der Waals surface area contributed by atoms with Gasteiger partial charge in [-0.05, 0) is 7.05 Å². The molecule has 0 spiro atoms. The average molecular weight is 287 g/mol. The van der Waals surface area contributed by atoms with Crippen LogP contribution in [0.4, 0.5) is 0 Å². The highest BCUT2D eigenvalue weighted by Crippen LogP contribution is 2.01. The second kappa shape index (κ2) is 9.21. The van der Waals surface area contributed by atoms with Crippen molar-refractivity contribution in [3.8, 4) is 0 Å². The molecule has 0 aromatic heterocycles. The van der Waals surface area contributed by atoms with Gasteiger partial charge in [-0.25, -0.2) is 0 Å². The second-order valence-electron chi connectivity index (χ2n) is 7.03. The van der Waals surface area contributed by atoms with Crippen LogP contribution in [0.15, 0.2) is 0 Å². The maximum Gasteiger partial charge on any atom is 0.174 e. The summed E-state index contributed by atoms with van der Waals surface area (Å²) in [5.41, 5.74) is 0. The molecular formula is C15H33N3O2+2. The molecule has 0 heterocycles. The van der Waals surface area contributed by atoms with E-state index in [0.29, 0.717) is 13.1 Å². The van der Waals surface area contributed by atoms with Gasteiger partial charge >= 0.3 is 0 Å². The summed E-state index contributed by atoms with van der Waals surface area (Å²) in [7, 11) is 10.5. The minimum Gasteiger partial charge on any atom is -0.322 e. The lowest BCUT2D eigenvalue weighted by atomic mass is 10.3. The summed E-state index contributed by atoms with van der Waals surface area (Å²) in [6, 6.07) is 0. The molecule has 0 radical (unpaired) electrons. The molecule has 20 heavy (non-hydrogen) atoms. The van der Waals surface area contributed by atoms with Gasteiger partial charge in [0.25, 0.3) is 0 Å². The van der Waals surface area contributed by atoms with E-state index in [1.165, 1.54) is 0 Å². The van der Waals surface area contributed by atoms with Crippen molar-refractivity contribution in [1.82, 2.24) is 4.90 Å². The maximum absolute atomic E-state index is 10.6. The zero-order valence-electron chi connectivity index (χ0n) is 14.0. The van der Waals surface area contributed by atoms with E-state index < -0.39 is 0 Å². The van der Waals surface area contributed by atoms with Gasteiger partial charge in [-0.1, -0.05) is 0 Å². The fourth-order valence-corrected chi connectivity index (χ4v) is 2.24. The molecule has 0 fully saturated rings. The van der Waals surface area contributed by atoms with Crippen molar-refractivity contribution < 1.29 is 18.6 Å². The van der Waals surface area contributed by atoms with Crippen LogP contribution >= 0.6 is 0 Å². The number of likely N-dealkylation sites (N-methyl/N-ethyl adjacent to an activating group) is 2. The van der Waals surface area contributed by atoms with Crippen LogP contribution in [0.1, 0.15) is 12.8 Å². The molecule has 0 aliphatic carbocycles. The molecule has 0 saturated carbocycles. The zero-order valence-corrected chi connectivity index (χ0v) is 14.0. The highest BCUT2D eigenvalue weighted by Gasteiger charge is 2.15. The Hall–Kier alpha value is -0.780. The lowest BCUT2D eigenvalue weighted by molar-refractivity contribution is -0.882. The molecule has 0 rings (SSSR count). The predicted molar refractivity (Wildman–Crippen MR) is 82.5 cm³/mol. The Morgan fingerprint density at radius 1 is 0.800 bits per heavy atom. The highest BCUT2D eigenvalue weighted by atomic mass is 16.1. The summed E-state index contributed by atoms with van der Waals surface area (Å²) in [6.45, 7) is 5.33. The van der Waals surface area contributed by atoms with Crippen LogP contribution in [0.5, 0.6) is 0 Å². The summed E-state index contributed by atoms with van der Waals surface area (Å²) >= 11 is 0. The number of hydrogen-bond acceptors (Lipinski definition) is 3. The number of carbonyl (C=O) groups excluding carboxylic acids is 2. The van der Waals surface area contributed by atoms with Crippen molar-refractivity contribution >= 4 is 12.6 Å². The Labute approximate surface area is 124 Å². The third-order valence-corrected chi connectivity index (χ3v) is 3.74. The van der Waals surface area contributed by atoms with Crippen molar-refractivity contribution in [2.24, 2.45) is 0 Å². The Morgan fingerprint density at radius 3 is 1.45 bits per heavy atom. The fraction of sp³-hybridized carbons (Fsp3) is 0.867. The first-order valence-electron chi connectivity index (χ1n) is 7.42. The third kappa shape index (κ3) is 10.1. The Kier molecular flexibility index (Phi) is 8.85. The van der Waals surface area contributed by atoms with Crippen molar-refractivity contribution in [2.75, 3.05) is 74.5 Å². The summed E-state index contributed by atoms with van der Waals surface area (Å²) < 4.78 is 1.53. The summed E-state index contributed by atoms with van der Waals surface area (Å²) in [5, 5.41) is 0. The Balaban J connectivity index is 3.76. The first-order valence-corrected chi connectivity index (χ1v) is 7.42. The van der Waals surface area contributed by atoms with Crippen molar-refractivity contribution in [1.29, 1.82) is 0 Å². The molecule has 5 nitrogen and oxygen atoms in total. The Morgan fingerprint density at radius 2 is 1.15 bits per heavy atom. The lowest BCUT2D eigenvalue weighted by Gasteiger charge is -2.29. The third-order valence-electron chi connectivity index (χ3n) is 3.74. The molecule has 0 saturated heterocycles. The molecule has 0 aliphatic heterocycles. The topological polar surface area (TPSA) is 37.4 Å². The molecule has 0 unspecified atom stereocenters.